The number of hydrogen-bond donors (Lipinski definition) is 1. The number of carbonyl (C=O) groups is 2. The number of hydrogen-bond acceptors (Lipinski definition) is 4. The summed E-state index contributed by atoms with van der Waals surface area (Å²) in [6, 6.07) is 5.72. The molecule has 1 unspecified atom stereocenters. The zero-order valence-electron chi connectivity index (χ0n) is 12.7. The molecule has 0 bridgehead atoms. The third-order valence-electron chi connectivity index (χ3n) is 2.59. The maximum Gasteiger partial charge on any atom is 0.378 e. The predicted octanol–water partition coefficient (Wildman–Crippen LogP) is 3.13. The van der Waals surface area contributed by atoms with Crippen LogP contribution in [0.2, 0.25) is 0 Å². The van der Waals surface area contributed by atoms with E-state index in [1.54, 1.807) is 0 Å². The number of rotatable bonds is 5. The van der Waals surface area contributed by atoms with Gasteiger partial charge in [-0.3, -0.25) is 0 Å². The van der Waals surface area contributed by atoms with Gasteiger partial charge < -0.3 is 14.6 Å². The van der Waals surface area contributed by atoms with Gasteiger partial charge in [-0.1, -0.05) is 0 Å². The molecule has 7 heteroatoms. The average molecular weight is 316 g/mol. The van der Waals surface area contributed by atoms with E-state index in [9.17, 15) is 18.4 Å². The van der Waals surface area contributed by atoms with Crippen LogP contribution in [0.1, 0.15) is 38.1 Å². The van der Waals surface area contributed by atoms with E-state index in [-0.39, 0.29) is 5.56 Å². The normalized spacial score (nSPS) is 13.4. The van der Waals surface area contributed by atoms with Crippen LogP contribution >= 0.6 is 0 Å². The first-order chi connectivity index (χ1) is 9.93. The number of halogens is 2. The van der Waals surface area contributed by atoms with Crippen molar-refractivity contribution >= 4 is 11.9 Å². The summed E-state index contributed by atoms with van der Waals surface area (Å²) < 4.78 is 36.4. The molecule has 1 aromatic rings. The van der Waals surface area contributed by atoms with Crippen LogP contribution in [0.3, 0.4) is 0 Å². The van der Waals surface area contributed by atoms with Crippen LogP contribution in [0.25, 0.3) is 0 Å². The minimum Gasteiger partial charge on any atom is -0.488 e. The molecule has 1 atom stereocenters. The highest BCUT2D eigenvalue weighted by Crippen LogP contribution is 2.23. The summed E-state index contributed by atoms with van der Waals surface area (Å²) in [4.78, 5) is 22.1. The second-order valence-electron chi connectivity index (χ2n) is 5.71. The first-order valence-corrected chi connectivity index (χ1v) is 6.55. The molecule has 1 aromatic carbocycles. The summed E-state index contributed by atoms with van der Waals surface area (Å²) in [7, 11) is 0. The Morgan fingerprint density at radius 3 is 2.05 bits per heavy atom. The fourth-order valence-corrected chi connectivity index (χ4v) is 1.49. The lowest BCUT2D eigenvalue weighted by atomic mass is 10.1. The average Bonchev–Trinajstić information content (AvgIpc) is 2.37. The largest absolute Gasteiger partial charge is 0.488 e. The first kappa shape index (κ1) is 17.9. The molecule has 0 fully saturated rings. The zero-order chi connectivity index (χ0) is 17.1. The van der Waals surface area contributed by atoms with Crippen LogP contribution in [0, 0.1) is 0 Å². The molecule has 0 saturated carbocycles. The molecule has 1 N–H and O–H groups in total. The van der Waals surface area contributed by atoms with Crippen molar-refractivity contribution in [2.75, 3.05) is 0 Å². The number of alkyl halides is 2. The summed E-state index contributed by atoms with van der Waals surface area (Å²) in [5.41, 5.74) is -0.394. The molecular weight excluding hydrogens is 298 g/mol. The van der Waals surface area contributed by atoms with Gasteiger partial charge in [-0.15, -0.1) is 0 Å². The summed E-state index contributed by atoms with van der Waals surface area (Å²) in [5, 5.41) is 8.38. The molecule has 0 spiro atoms. The summed E-state index contributed by atoms with van der Waals surface area (Å²) in [6.45, 7) is 6.38. The van der Waals surface area contributed by atoms with Crippen molar-refractivity contribution < 1.29 is 33.0 Å². The fraction of sp³-hybridized carbons (Fsp3) is 0.467. The molecule has 0 aromatic heterocycles. The second-order valence-corrected chi connectivity index (χ2v) is 5.71. The summed E-state index contributed by atoms with van der Waals surface area (Å²) >= 11 is 0. The van der Waals surface area contributed by atoms with Crippen LogP contribution in [0.4, 0.5) is 8.78 Å². The molecule has 0 aliphatic heterocycles. The Morgan fingerprint density at radius 2 is 1.64 bits per heavy atom. The highest BCUT2D eigenvalue weighted by atomic mass is 19.3. The molecule has 122 valence electrons. The van der Waals surface area contributed by atoms with Gasteiger partial charge in [-0.25, -0.2) is 9.59 Å². The van der Waals surface area contributed by atoms with Gasteiger partial charge in [-0.2, -0.15) is 8.78 Å². The number of aliphatic carboxylic acids is 1. The molecule has 0 aliphatic carbocycles. The molecule has 22 heavy (non-hydrogen) atoms. The lowest BCUT2D eigenvalue weighted by Crippen LogP contribution is -2.42. The zero-order valence-corrected chi connectivity index (χ0v) is 12.7. The van der Waals surface area contributed by atoms with Crippen molar-refractivity contribution in [3.63, 3.8) is 0 Å². The van der Waals surface area contributed by atoms with Gasteiger partial charge in [-0.05, 0) is 52.0 Å². The third kappa shape index (κ3) is 4.68. The standard InChI is InChI=1S/C15H18F2O5/c1-9(15(16,17)13(19)20)21-12(18)10-5-7-11(8-6-10)22-14(2,3)4/h5-9H,1-4H3,(H,19,20). The number of benzene rings is 1. The second kappa shape index (κ2) is 6.29. The Labute approximate surface area is 126 Å². The van der Waals surface area contributed by atoms with E-state index in [1.165, 1.54) is 24.3 Å². The molecular formula is C15H18F2O5. The van der Waals surface area contributed by atoms with E-state index in [0.29, 0.717) is 5.75 Å². The van der Waals surface area contributed by atoms with Crippen molar-refractivity contribution in [2.45, 2.75) is 45.3 Å². The number of ether oxygens (including phenoxy) is 2. The molecule has 0 saturated heterocycles. The molecule has 0 heterocycles. The first-order valence-electron chi connectivity index (χ1n) is 6.55. The van der Waals surface area contributed by atoms with E-state index in [4.69, 9.17) is 9.84 Å². The summed E-state index contributed by atoms with van der Waals surface area (Å²) in [5.74, 6) is -7.02. The van der Waals surface area contributed by atoms with Gasteiger partial charge >= 0.3 is 17.9 Å². The Hall–Kier alpha value is -2.18. The van der Waals surface area contributed by atoms with Crippen LogP contribution in [0.5, 0.6) is 5.75 Å². The van der Waals surface area contributed by atoms with Gasteiger partial charge in [0.25, 0.3) is 0 Å². The van der Waals surface area contributed by atoms with Gasteiger partial charge in [0.2, 0.25) is 0 Å². The minimum absolute atomic E-state index is 0.0225. The Bertz CT molecular complexity index is 546. The van der Waals surface area contributed by atoms with Crippen molar-refractivity contribution in [1.82, 2.24) is 0 Å². The third-order valence-corrected chi connectivity index (χ3v) is 2.59. The lowest BCUT2D eigenvalue weighted by Gasteiger charge is -2.21. The molecule has 0 amide bonds. The topological polar surface area (TPSA) is 72.8 Å². The van der Waals surface area contributed by atoms with E-state index in [2.05, 4.69) is 4.74 Å². The van der Waals surface area contributed by atoms with Gasteiger partial charge in [0, 0.05) is 0 Å². The highest BCUT2D eigenvalue weighted by molar-refractivity contribution is 5.90. The van der Waals surface area contributed by atoms with E-state index < -0.39 is 29.6 Å². The quantitative estimate of drug-likeness (QED) is 0.845. The van der Waals surface area contributed by atoms with Crippen LogP contribution < -0.4 is 4.74 Å². The predicted molar refractivity (Wildman–Crippen MR) is 74.3 cm³/mol. The van der Waals surface area contributed by atoms with Crippen LogP contribution in [-0.4, -0.2) is 34.7 Å². The van der Waals surface area contributed by atoms with Gasteiger partial charge in [0.05, 0.1) is 5.56 Å². The maximum absolute atomic E-state index is 13.2. The fourth-order valence-electron chi connectivity index (χ4n) is 1.49. The van der Waals surface area contributed by atoms with Gasteiger partial charge in [0.15, 0.2) is 6.10 Å². The smallest absolute Gasteiger partial charge is 0.378 e. The molecule has 0 aliphatic rings. The van der Waals surface area contributed by atoms with E-state index in [1.807, 2.05) is 20.8 Å². The van der Waals surface area contributed by atoms with Crippen molar-refractivity contribution in [2.24, 2.45) is 0 Å². The number of carbonyl (C=O) groups excluding carboxylic acids is 1. The number of carboxylic acids is 1. The molecule has 0 radical (unpaired) electrons. The number of carboxylic acid groups (broad SMARTS) is 1. The Balaban J connectivity index is 2.77. The summed E-state index contributed by atoms with van der Waals surface area (Å²) in [6.07, 6.45) is -2.08. The van der Waals surface area contributed by atoms with Crippen molar-refractivity contribution in [3.05, 3.63) is 29.8 Å². The maximum atomic E-state index is 13.2. The van der Waals surface area contributed by atoms with Crippen LogP contribution in [-0.2, 0) is 9.53 Å². The monoisotopic (exact) mass is 316 g/mol. The van der Waals surface area contributed by atoms with Crippen LogP contribution in [0.15, 0.2) is 24.3 Å². The SMILES string of the molecule is CC(OC(=O)c1ccc(OC(C)(C)C)cc1)C(F)(F)C(=O)O. The van der Waals surface area contributed by atoms with Crippen molar-refractivity contribution in [1.29, 1.82) is 0 Å². The Kier molecular flexibility index (Phi) is 5.11. The van der Waals surface area contributed by atoms with Crippen molar-refractivity contribution in [3.8, 4) is 5.75 Å². The highest BCUT2D eigenvalue weighted by Gasteiger charge is 2.47. The molecule has 5 nitrogen and oxygen atoms in total. The number of esters is 1. The lowest BCUT2D eigenvalue weighted by molar-refractivity contribution is -0.180. The minimum atomic E-state index is -4.15. The molecule has 1 rings (SSSR count). The Morgan fingerprint density at radius 1 is 1.14 bits per heavy atom. The van der Waals surface area contributed by atoms with Gasteiger partial charge in [0.1, 0.15) is 11.4 Å². The van der Waals surface area contributed by atoms with E-state index >= 15 is 0 Å². The van der Waals surface area contributed by atoms with E-state index in [0.717, 1.165) is 6.92 Å².